The molecule has 2 nitrogen and oxygen atoms in total. The molecule has 2 aliphatic rings. The molecule has 1 aliphatic heterocycles. The first kappa shape index (κ1) is 6.53. The minimum Gasteiger partial charge on any atom is -0.241 e. The topological polar surface area (TPSA) is 15.6 Å². The lowest BCUT2D eigenvalue weighted by molar-refractivity contribution is 0.377. The largest absolute Gasteiger partial charge is 0.241 e. The molecule has 0 bridgehead atoms. The van der Waals surface area contributed by atoms with E-state index in [1.807, 2.05) is 0 Å². The second-order valence-corrected chi connectivity index (χ2v) is 3.81. The molecule has 0 atom stereocenters. The van der Waals surface area contributed by atoms with Crippen molar-refractivity contribution in [1.82, 2.24) is 4.41 Å². The predicted molar refractivity (Wildman–Crippen MR) is 45.1 cm³/mol. The summed E-state index contributed by atoms with van der Waals surface area (Å²) in [4.78, 5) is 0. The van der Waals surface area contributed by atoms with Crippen molar-refractivity contribution in [2.24, 2.45) is 10.5 Å². The third-order valence-electron chi connectivity index (χ3n) is 2.52. The highest BCUT2D eigenvalue weighted by Crippen LogP contribution is 2.40. The van der Waals surface area contributed by atoms with Gasteiger partial charge in [0, 0.05) is 11.6 Å². The van der Waals surface area contributed by atoms with Crippen LogP contribution in [0.4, 0.5) is 0 Å². The number of hydrogen-bond donors (Lipinski definition) is 1. The molecule has 10 heavy (non-hydrogen) atoms. The number of hydrogen-bond acceptors (Lipinski definition) is 3. The molecule has 1 fully saturated rings. The van der Waals surface area contributed by atoms with Crippen LogP contribution in [0, 0.1) is 5.41 Å². The average Bonchev–Trinajstić information content (AvgIpc) is 2.46. The second kappa shape index (κ2) is 2.16. The monoisotopic (exact) mass is 156 g/mol. The first-order chi connectivity index (χ1) is 4.81. The molecular formula is C7H12N2S. The fraction of sp³-hybridized carbons (Fsp3) is 0.857. The molecule has 0 unspecified atom stereocenters. The van der Waals surface area contributed by atoms with Crippen LogP contribution in [-0.4, -0.2) is 17.2 Å². The summed E-state index contributed by atoms with van der Waals surface area (Å²) in [5.41, 5.74) is 0.418. The summed E-state index contributed by atoms with van der Waals surface area (Å²) in [6, 6.07) is 0. The van der Waals surface area contributed by atoms with E-state index in [9.17, 15) is 0 Å². The average molecular weight is 156 g/mol. The molecule has 56 valence electrons. The van der Waals surface area contributed by atoms with Crippen LogP contribution >= 0.6 is 12.8 Å². The fourth-order valence-corrected chi connectivity index (χ4v) is 2.25. The van der Waals surface area contributed by atoms with E-state index in [4.69, 9.17) is 0 Å². The molecule has 0 aromatic rings. The van der Waals surface area contributed by atoms with Crippen LogP contribution in [0.15, 0.2) is 5.10 Å². The Hall–Kier alpha value is -0.180. The van der Waals surface area contributed by atoms with E-state index in [1.165, 1.54) is 25.7 Å². The van der Waals surface area contributed by atoms with Crippen LogP contribution < -0.4 is 0 Å². The van der Waals surface area contributed by atoms with Gasteiger partial charge < -0.3 is 0 Å². The zero-order valence-electron chi connectivity index (χ0n) is 5.95. The lowest BCUT2D eigenvalue weighted by atomic mass is 9.89. The lowest BCUT2D eigenvalue weighted by Gasteiger charge is -2.18. The first-order valence-corrected chi connectivity index (χ1v) is 4.22. The highest BCUT2D eigenvalue weighted by Gasteiger charge is 2.36. The smallest absolute Gasteiger partial charge is 0.0585 e. The van der Waals surface area contributed by atoms with E-state index in [1.54, 1.807) is 4.41 Å². The van der Waals surface area contributed by atoms with Gasteiger partial charge in [-0.15, -0.1) is 0 Å². The van der Waals surface area contributed by atoms with Crippen LogP contribution in [0.2, 0.25) is 0 Å². The fourth-order valence-electron chi connectivity index (χ4n) is 1.92. The van der Waals surface area contributed by atoms with Gasteiger partial charge in [-0.3, -0.25) is 0 Å². The van der Waals surface area contributed by atoms with Gasteiger partial charge in [0.1, 0.15) is 0 Å². The molecule has 0 amide bonds. The summed E-state index contributed by atoms with van der Waals surface area (Å²) >= 11 is 4.18. The maximum Gasteiger partial charge on any atom is 0.0585 e. The van der Waals surface area contributed by atoms with Crippen LogP contribution in [0.25, 0.3) is 0 Å². The molecule has 1 spiro atoms. The molecule has 0 aromatic carbocycles. The number of rotatable bonds is 0. The van der Waals surface area contributed by atoms with Crippen molar-refractivity contribution >= 4 is 19.0 Å². The second-order valence-electron chi connectivity index (χ2n) is 3.34. The Labute approximate surface area is 66.8 Å². The summed E-state index contributed by atoms with van der Waals surface area (Å²) in [6.07, 6.45) is 7.45. The van der Waals surface area contributed by atoms with Gasteiger partial charge in [-0.1, -0.05) is 12.8 Å². The van der Waals surface area contributed by atoms with Crippen LogP contribution in [0.1, 0.15) is 25.7 Å². The Morgan fingerprint density at radius 1 is 1.40 bits per heavy atom. The molecule has 3 heteroatoms. The SMILES string of the molecule is SN1CC2(C=N1)CCCC2. The third kappa shape index (κ3) is 0.926. The minimum absolute atomic E-state index is 0.418. The summed E-state index contributed by atoms with van der Waals surface area (Å²) < 4.78 is 1.76. The van der Waals surface area contributed by atoms with Crippen LogP contribution in [0.3, 0.4) is 0 Å². The molecule has 1 saturated carbocycles. The molecule has 0 radical (unpaired) electrons. The van der Waals surface area contributed by atoms with E-state index in [-0.39, 0.29) is 0 Å². The van der Waals surface area contributed by atoms with Gasteiger partial charge in [-0.25, -0.2) is 4.41 Å². The molecule has 1 aliphatic carbocycles. The van der Waals surface area contributed by atoms with E-state index >= 15 is 0 Å². The predicted octanol–water partition coefficient (Wildman–Crippen LogP) is 1.69. The molecule has 0 aromatic heterocycles. The van der Waals surface area contributed by atoms with Crippen molar-refractivity contribution in [3.8, 4) is 0 Å². The number of hydrazone groups is 1. The van der Waals surface area contributed by atoms with Crippen molar-refractivity contribution in [3.05, 3.63) is 0 Å². The van der Waals surface area contributed by atoms with Crippen LogP contribution in [0.5, 0.6) is 0 Å². The molecule has 0 saturated heterocycles. The number of thiol groups is 1. The highest BCUT2D eigenvalue weighted by atomic mass is 32.1. The Morgan fingerprint density at radius 3 is 2.60 bits per heavy atom. The third-order valence-corrected chi connectivity index (χ3v) is 2.77. The lowest BCUT2D eigenvalue weighted by Crippen LogP contribution is -2.22. The van der Waals surface area contributed by atoms with Gasteiger partial charge in [0.15, 0.2) is 0 Å². The van der Waals surface area contributed by atoms with Gasteiger partial charge in [-0.05, 0) is 25.7 Å². The van der Waals surface area contributed by atoms with E-state index in [0.717, 1.165) is 6.54 Å². The molecule has 0 N–H and O–H groups in total. The standard InChI is InChI=1S/C7H12N2S/c10-9-6-7(5-8-9)3-1-2-4-7/h5,10H,1-4,6H2. The maximum atomic E-state index is 4.18. The van der Waals surface area contributed by atoms with Crippen molar-refractivity contribution < 1.29 is 0 Å². The Kier molecular flexibility index (Phi) is 1.41. The normalized spacial score (nSPS) is 28.7. The van der Waals surface area contributed by atoms with Crippen molar-refractivity contribution in [2.45, 2.75) is 25.7 Å². The van der Waals surface area contributed by atoms with E-state index < -0.39 is 0 Å². The van der Waals surface area contributed by atoms with Gasteiger partial charge in [-0.2, -0.15) is 5.10 Å². The Bertz CT molecular complexity index is 161. The van der Waals surface area contributed by atoms with Gasteiger partial charge in [0.2, 0.25) is 0 Å². The van der Waals surface area contributed by atoms with Crippen molar-refractivity contribution in [2.75, 3.05) is 6.54 Å². The Morgan fingerprint density at radius 2 is 2.10 bits per heavy atom. The summed E-state index contributed by atoms with van der Waals surface area (Å²) in [5.74, 6) is 0. The highest BCUT2D eigenvalue weighted by molar-refractivity contribution is 7.77. The zero-order chi connectivity index (χ0) is 7.03. The number of nitrogens with zero attached hydrogens (tertiary/aromatic N) is 2. The van der Waals surface area contributed by atoms with Gasteiger partial charge >= 0.3 is 0 Å². The van der Waals surface area contributed by atoms with Crippen molar-refractivity contribution in [1.29, 1.82) is 0 Å². The van der Waals surface area contributed by atoms with Gasteiger partial charge in [0.25, 0.3) is 0 Å². The summed E-state index contributed by atoms with van der Waals surface area (Å²) in [7, 11) is 0. The van der Waals surface area contributed by atoms with Crippen LogP contribution in [-0.2, 0) is 0 Å². The molecule has 2 rings (SSSR count). The summed E-state index contributed by atoms with van der Waals surface area (Å²) in [6.45, 7) is 1.02. The maximum absolute atomic E-state index is 4.18. The Balaban J connectivity index is 2.11. The van der Waals surface area contributed by atoms with Crippen molar-refractivity contribution in [3.63, 3.8) is 0 Å². The minimum atomic E-state index is 0.418. The summed E-state index contributed by atoms with van der Waals surface area (Å²) in [5, 5.41) is 4.14. The quantitative estimate of drug-likeness (QED) is 0.528. The van der Waals surface area contributed by atoms with Gasteiger partial charge in [0.05, 0.1) is 6.54 Å². The molecular weight excluding hydrogens is 144 g/mol. The van der Waals surface area contributed by atoms with E-state index in [0.29, 0.717) is 5.41 Å². The zero-order valence-corrected chi connectivity index (χ0v) is 6.85. The first-order valence-electron chi connectivity index (χ1n) is 3.82. The van der Waals surface area contributed by atoms with E-state index in [2.05, 4.69) is 24.1 Å². The molecule has 1 heterocycles.